The van der Waals surface area contributed by atoms with E-state index in [9.17, 15) is 24.6 Å². The van der Waals surface area contributed by atoms with Crippen LogP contribution in [0.4, 0.5) is 0 Å². The minimum atomic E-state index is -1.20. The van der Waals surface area contributed by atoms with Gasteiger partial charge >= 0.3 is 5.97 Å². The molecule has 0 unspecified atom stereocenters. The van der Waals surface area contributed by atoms with Crippen molar-refractivity contribution in [1.29, 1.82) is 0 Å². The summed E-state index contributed by atoms with van der Waals surface area (Å²) in [5.74, 6) is -1.13. The first kappa shape index (κ1) is 25.8. The summed E-state index contributed by atoms with van der Waals surface area (Å²) in [6, 6.07) is 15.8. The van der Waals surface area contributed by atoms with Crippen LogP contribution in [0.1, 0.15) is 5.69 Å². The molecule has 1 aliphatic heterocycles. The number of aromatic hydroxyl groups is 1. The first-order valence-corrected chi connectivity index (χ1v) is 12.8. The predicted molar refractivity (Wildman–Crippen MR) is 148 cm³/mol. The SMILES string of the molecule is O=C(COc1cc(O)c2c(=O)c(-c3ccc4c(c3)OCCO4)coc2c1)N[C@H](Cc1cc2ccccc2[nH]1)C(=O)O. The lowest BCUT2D eigenvalue weighted by atomic mass is 10.0. The van der Waals surface area contributed by atoms with Crippen molar-refractivity contribution in [1.82, 2.24) is 10.3 Å². The number of aromatic amines is 1. The molecule has 208 valence electrons. The maximum Gasteiger partial charge on any atom is 0.326 e. The molecule has 3 heterocycles. The van der Waals surface area contributed by atoms with Crippen LogP contribution in [-0.2, 0) is 16.0 Å². The molecule has 4 N–H and O–H groups in total. The molecule has 0 saturated heterocycles. The van der Waals surface area contributed by atoms with Gasteiger partial charge in [-0.05, 0) is 35.2 Å². The van der Waals surface area contributed by atoms with Crippen molar-refractivity contribution in [3.05, 3.63) is 82.8 Å². The molecular formula is C30H24N2O9. The van der Waals surface area contributed by atoms with Crippen LogP contribution < -0.4 is 25.0 Å². The normalized spacial score (nSPS) is 13.2. The number of para-hydroxylation sites is 1. The summed E-state index contributed by atoms with van der Waals surface area (Å²) in [7, 11) is 0. The Kier molecular flexibility index (Phi) is 6.68. The number of phenolic OH excluding ortho intramolecular Hbond substituents is 1. The number of benzene rings is 3. The van der Waals surface area contributed by atoms with Gasteiger partial charge in [-0.25, -0.2) is 4.79 Å². The number of fused-ring (bicyclic) bond motifs is 3. The van der Waals surface area contributed by atoms with Gasteiger partial charge in [-0.1, -0.05) is 24.3 Å². The van der Waals surface area contributed by atoms with Crippen LogP contribution in [0.15, 0.2) is 76.1 Å². The topological polar surface area (TPSA) is 160 Å². The van der Waals surface area contributed by atoms with Crippen molar-refractivity contribution in [2.45, 2.75) is 12.5 Å². The van der Waals surface area contributed by atoms with Crippen LogP contribution in [0.25, 0.3) is 33.0 Å². The summed E-state index contributed by atoms with van der Waals surface area (Å²) >= 11 is 0. The van der Waals surface area contributed by atoms with E-state index in [-0.39, 0.29) is 28.7 Å². The molecule has 0 radical (unpaired) electrons. The number of rotatable bonds is 8. The number of aliphatic carboxylic acids is 1. The molecule has 1 amide bonds. The summed E-state index contributed by atoms with van der Waals surface area (Å²) in [4.78, 5) is 40.7. The molecule has 11 nitrogen and oxygen atoms in total. The fraction of sp³-hybridized carbons (Fsp3) is 0.167. The van der Waals surface area contributed by atoms with E-state index in [0.29, 0.717) is 36.0 Å². The number of amides is 1. The second-order valence-corrected chi connectivity index (χ2v) is 9.49. The number of carbonyl (C=O) groups excluding carboxylic acids is 1. The molecule has 0 spiro atoms. The number of H-pyrrole nitrogens is 1. The number of nitrogens with one attached hydrogen (secondary N) is 2. The lowest BCUT2D eigenvalue weighted by Gasteiger charge is -2.18. The van der Waals surface area contributed by atoms with Crippen LogP contribution in [0.3, 0.4) is 0 Å². The van der Waals surface area contributed by atoms with Crippen molar-refractivity contribution in [2.24, 2.45) is 0 Å². The van der Waals surface area contributed by atoms with Crippen molar-refractivity contribution in [2.75, 3.05) is 19.8 Å². The van der Waals surface area contributed by atoms with Crippen LogP contribution >= 0.6 is 0 Å². The van der Waals surface area contributed by atoms with E-state index in [1.807, 2.05) is 30.3 Å². The Hall–Kier alpha value is -5.45. The standard InChI is InChI=1S/C30H24N2O9/c33-23-12-19(40-15-27(34)32-22(30(36)37)11-18-9-17-3-1-2-4-21(17)31-18)13-26-28(23)29(35)20(14-41-26)16-5-6-24-25(10-16)39-8-7-38-24/h1-6,9-10,12-14,22,31,33H,7-8,11,15H2,(H,32,34)(H,36,37)/t22-/m1/s1. The molecule has 6 rings (SSSR count). The van der Waals surface area contributed by atoms with Gasteiger partial charge in [0.2, 0.25) is 5.43 Å². The highest BCUT2D eigenvalue weighted by Gasteiger charge is 2.22. The third-order valence-corrected chi connectivity index (χ3v) is 6.70. The van der Waals surface area contributed by atoms with E-state index in [1.165, 1.54) is 18.4 Å². The fourth-order valence-corrected chi connectivity index (χ4v) is 4.75. The number of carboxylic acids is 1. The summed E-state index contributed by atoms with van der Waals surface area (Å²) in [6.45, 7) is 0.307. The highest BCUT2D eigenvalue weighted by atomic mass is 16.6. The van der Waals surface area contributed by atoms with Crippen molar-refractivity contribution in [3.8, 4) is 34.1 Å². The largest absolute Gasteiger partial charge is 0.507 e. The van der Waals surface area contributed by atoms with Crippen LogP contribution in [0.5, 0.6) is 23.0 Å². The van der Waals surface area contributed by atoms with Gasteiger partial charge < -0.3 is 39.1 Å². The molecule has 0 aliphatic carbocycles. The Morgan fingerprint density at radius 3 is 2.63 bits per heavy atom. The summed E-state index contributed by atoms with van der Waals surface area (Å²) < 4.78 is 22.2. The monoisotopic (exact) mass is 556 g/mol. The second kappa shape index (κ2) is 10.6. The number of ether oxygens (including phenoxy) is 3. The zero-order valence-corrected chi connectivity index (χ0v) is 21.5. The molecule has 1 aliphatic rings. The maximum absolute atomic E-state index is 13.2. The Labute approximate surface area is 231 Å². The highest BCUT2D eigenvalue weighted by Crippen LogP contribution is 2.35. The van der Waals surface area contributed by atoms with Gasteiger partial charge in [-0.15, -0.1) is 0 Å². The minimum absolute atomic E-state index is 0.0450. The number of hydrogen-bond donors (Lipinski definition) is 4. The van der Waals surface area contributed by atoms with Gasteiger partial charge in [0.05, 0.1) is 5.56 Å². The molecule has 2 aromatic heterocycles. The lowest BCUT2D eigenvalue weighted by Crippen LogP contribution is -2.44. The maximum atomic E-state index is 13.2. The molecular weight excluding hydrogens is 532 g/mol. The Bertz CT molecular complexity index is 1820. The number of phenols is 1. The van der Waals surface area contributed by atoms with E-state index >= 15 is 0 Å². The van der Waals surface area contributed by atoms with E-state index < -0.39 is 35.7 Å². The quantitative estimate of drug-likeness (QED) is 0.224. The van der Waals surface area contributed by atoms with Gasteiger partial charge in [0.25, 0.3) is 5.91 Å². The third kappa shape index (κ3) is 5.24. The summed E-state index contributed by atoms with van der Waals surface area (Å²) in [6.07, 6.45) is 1.32. The molecule has 1 atom stereocenters. The molecule has 0 fully saturated rings. The smallest absolute Gasteiger partial charge is 0.326 e. The highest BCUT2D eigenvalue weighted by molar-refractivity contribution is 5.89. The van der Waals surface area contributed by atoms with E-state index in [1.54, 1.807) is 18.2 Å². The Balaban J connectivity index is 1.15. The van der Waals surface area contributed by atoms with Gasteiger partial charge in [-0.3, -0.25) is 9.59 Å². The summed E-state index contributed by atoms with van der Waals surface area (Å²) in [5.41, 5.74) is 1.85. The van der Waals surface area contributed by atoms with Crippen molar-refractivity contribution < 1.29 is 38.4 Å². The average Bonchev–Trinajstić information content (AvgIpc) is 3.38. The van der Waals surface area contributed by atoms with E-state index in [2.05, 4.69) is 10.3 Å². The van der Waals surface area contributed by atoms with Crippen LogP contribution in [0, 0.1) is 0 Å². The van der Waals surface area contributed by atoms with Crippen LogP contribution in [0.2, 0.25) is 0 Å². The molecule has 0 bridgehead atoms. The zero-order valence-electron chi connectivity index (χ0n) is 21.5. The minimum Gasteiger partial charge on any atom is -0.507 e. The van der Waals surface area contributed by atoms with E-state index in [0.717, 1.165) is 10.9 Å². The number of carbonyl (C=O) groups is 2. The van der Waals surface area contributed by atoms with E-state index in [4.69, 9.17) is 18.6 Å². The summed E-state index contributed by atoms with van der Waals surface area (Å²) in [5, 5.41) is 23.6. The predicted octanol–water partition coefficient (Wildman–Crippen LogP) is 3.61. The lowest BCUT2D eigenvalue weighted by molar-refractivity contribution is -0.142. The van der Waals surface area contributed by atoms with Crippen molar-refractivity contribution >= 4 is 33.7 Å². The van der Waals surface area contributed by atoms with Gasteiger partial charge in [0, 0.05) is 29.8 Å². The Morgan fingerprint density at radius 1 is 1.02 bits per heavy atom. The second-order valence-electron chi connectivity index (χ2n) is 9.49. The van der Waals surface area contributed by atoms with Gasteiger partial charge in [0.1, 0.15) is 48.0 Å². The fourth-order valence-electron chi connectivity index (χ4n) is 4.75. The molecule has 41 heavy (non-hydrogen) atoms. The van der Waals surface area contributed by atoms with Gasteiger partial charge in [0.15, 0.2) is 18.1 Å². The molecule has 11 heteroatoms. The zero-order chi connectivity index (χ0) is 28.5. The number of hydrogen-bond acceptors (Lipinski definition) is 8. The van der Waals surface area contributed by atoms with Gasteiger partial charge in [-0.2, -0.15) is 0 Å². The first-order valence-electron chi connectivity index (χ1n) is 12.8. The first-order chi connectivity index (χ1) is 19.9. The Morgan fingerprint density at radius 2 is 1.83 bits per heavy atom. The van der Waals surface area contributed by atoms with Crippen LogP contribution in [-0.4, -0.2) is 52.9 Å². The molecule has 3 aromatic carbocycles. The molecule has 5 aromatic rings. The molecule has 0 saturated carbocycles. The third-order valence-electron chi connectivity index (χ3n) is 6.70. The number of aromatic nitrogens is 1. The number of carboxylic acid groups (broad SMARTS) is 1. The average molecular weight is 557 g/mol. The van der Waals surface area contributed by atoms with Crippen molar-refractivity contribution in [3.63, 3.8) is 0 Å².